The Hall–Kier alpha value is -2.04. The molecule has 0 spiro atoms. The summed E-state index contributed by atoms with van der Waals surface area (Å²) in [6.07, 6.45) is 2.57. The van der Waals surface area contributed by atoms with Crippen molar-refractivity contribution in [3.8, 4) is 0 Å². The van der Waals surface area contributed by atoms with Gasteiger partial charge < -0.3 is 15.8 Å². The number of halogens is 1. The number of benzene rings is 2. The molecule has 1 fully saturated rings. The van der Waals surface area contributed by atoms with E-state index in [2.05, 4.69) is 5.32 Å². The number of ether oxygens (including phenoxy) is 1. The average Bonchev–Trinajstić information content (AvgIpc) is 3.32. The van der Waals surface area contributed by atoms with E-state index in [-0.39, 0.29) is 18.3 Å². The zero-order chi connectivity index (χ0) is 15.4. The average molecular weight is 333 g/mol. The zero-order valence-corrected chi connectivity index (χ0v) is 13.6. The third-order valence-electron chi connectivity index (χ3n) is 3.71. The first-order chi connectivity index (χ1) is 10.7. The monoisotopic (exact) mass is 332 g/mol. The Morgan fingerprint density at radius 2 is 1.96 bits per heavy atom. The lowest BCUT2D eigenvalue weighted by Gasteiger charge is -2.09. The molecule has 2 aromatic rings. The lowest BCUT2D eigenvalue weighted by Crippen LogP contribution is -2.14. The molecule has 0 aliphatic heterocycles. The minimum atomic E-state index is -0.200. The van der Waals surface area contributed by atoms with Crippen molar-refractivity contribution in [2.45, 2.75) is 19.4 Å². The number of carbonyl (C=O) groups is 1. The third-order valence-corrected chi connectivity index (χ3v) is 3.71. The van der Waals surface area contributed by atoms with Gasteiger partial charge in [0.1, 0.15) is 0 Å². The summed E-state index contributed by atoms with van der Waals surface area (Å²) in [5, 5.41) is 2.88. The van der Waals surface area contributed by atoms with Crippen molar-refractivity contribution < 1.29 is 9.53 Å². The Morgan fingerprint density at radius 1 is 1.17 bits per heavy atom. The summed E-state index contributed by atoms with van der Waals surface area (Å²) in [5.41, 5.74) is 8.59. The van der Waals surface area contributed by atoms with Gasteiger partial charge in [0.2, 0.25) is 0 Å². The summed E-state index contributed by atoms with van der Waals surface area (Å²) in [7, 11) is 0. The first-order valence-corrected chi connectivity index (χ1v) is 7.55. The summed E-state index contributed by atoms with van der Waals surface area (Å²) in [4.78, 5) is 12.2. The molecule has 2 aromatic carbocycles. The Labute approximate surface area is 142 Å². The predicted molar refractivity (Wildman–Crippen MR) is 94.9 cm³/mol. The third kappa shape index (κ3) is 4.98. The van der Waals surface area contributed by atoms with E-state index in [1.165, 1.54) is 12.8 Å². The molecule has 122 valence electrons. The number of amides is 1. The van der Waals surface area contributed by atoms with Crippen molar-refractivity contribution in [1.82, 2.24) is 0 Å². The van der Waals surface area contributed by atoms with Crippen LogP contribution in [-0.2, 0) is 11.3 Å². The highest BCUT2D eigenvalue weighted by atomic mass is 35.5. The van der Waals surface area contributed by atoms with Gasteiger partial charge in [0.05, 0.1) is 12.2 Å². The van der Waals surface area contributed by atoms with Crippen LogP contribution in [0.5, 0.6) is 0 Å². The van der Waals surface area contributed by atoms with Gasteiger partial charge in [0, 0.05) is 18.0 Å². The fourth-order valence-electron chi connectivity index (χ4n) is 2.27. The minimum Gasteiger partial charge on any atom is -0.398 e. The molecule has 3 N–H and O–H groups in total. The molecule has 23 heavy (non-hydrogen) atoms. The Bertz CT molecular complexity index is 672. The number of carbonyl (C=O) groups excluding carboxylic acids is 1. The smallest absolute Gasteiger partial charge is 0.257 e. The van der Waals surface area contributed by atoms with Crippen LogP contribution >= 0.6 is 12.4 Å². The highest BCUT2D eigenvalue weighted by Crippen LogP contribution is 2.29. The van der Waals surface area contributed by atoms with Crippen LogP contribution in [0, 0.1) is 5.92 Å². The van der Waals surface area contributed by atoms with Gasteiger partial charge in [-0.3, -0.25) is 4.79 Å². The van der Waals surface area contributed by atoms with Gasteiger partial charge in [-0.05, 0) is 48.6 Å². The summed E-state index contributed by atoms with van der Waals surface area (Å²) in [5.74, 6) is 0.554. The lowest BCUT2D eigenvalue weighted by atomic mass is 10.1. The molecule has 4 nitrogen and oxygen atoms in total. The number of hydrogen-bond donors (Lipinski definition) is 2. The highest BCUT2D eigenvalue weighted by Gasteiger charge is 2.21. The number of para-hydroxylation sites is 1. The molecule has 1 amide bonds. The van der Waals surface area contributed by atoms with Gasteiger partial charge in [-0.2, -0.15) is 0 Å². The second-order valence-electron chi connectivity index (χ2n) is 5.70. The fraction of sp³-hybridized carbons (Fsp3) is 0.278. The molecule has 0 atom stereocenters. The number of hydrogen-bond acceptors (Lipinski definition) is 3. The number of nitrogen functional groups attached to an aromatic ring is 1. The van der Waals surface area contributed by atoms with E-state index in [1.807, 2.05) is 30.3 Å². The largest absolute Gasteiger partial charge is 0.398 e. The van der Waals surface area contributed by atoms with Gasteiger partial charge in [-0.25, -0.2) is 0 Å². The van der Waals surface area contributed by atoms with Crippen molar-refractivity contribution in [2.75, 3.05) is 17.7 Å². The van der Waals surface area contributed by atoms with Gasteiger partial charge in [-0.1, -0.05) is 24.3 Å². The predicted octanol–water partition coefficient (Wildman–Crippen LogP) is 3.87. The summed E-state index contributed by atoms with van der Waals surface area (Å²) in [6, 6.07) is 14.8. The van der Waals surface area contributed by atoms with Crippen molar-refractivity contribution >= 4 is 29.7 Å². The number of anilines is 2. The summed E-state index contributed by atoms with van der Waals surface area (Å²) >= 11 is 0. The maximum absolute atomic E-state index is 12.2. The van der Waals surface area contributed by atoms with Crippen LogP contribution in [0.1, 0.15) is 28.8 Å². The molecule has 0 heterocycles. The lowest BCUT2D eigenvalue weighted by molar-refractivity contribution is 0.102. The van der Waals surface area contributed by atoms with Crippen LogP contribution < -0.4 is 11.1 Å². The van der Waals surface area contributed by atoms with Crippen molar-refractivity contribution in [1.29, 1.82) is 0 Å². The van der Waals surface area contributed by atoms with Crippen LogP contribution in [0.15, 0.2) is 48.5 Å². The van der Waals surface area contributed by atoms with E-state index in [1.54, 1.807) is 18.2 Å². The van der Waals surface area contributed by atoms with Gasteiger partial charge in [-0.15, -0.1) is 12.4 Å². The molecule has 0 aromatic heterocycles. The minimum absolute atomic E-state index is 0. The van der Waals surface area contributed by atoms with Crippen LogP contribution in [0.3, 0.4) is 0 Å². The Balaban J connectivity index is 0.00000192. The number of nitrogens with two attached hydrogens (primary N) is 1. The van der Waals surface area contributed by atoms with E-state index in [0.717, 1.165) is 23.8 Å². The van der Waals surface area contributed by atoms with Gasteiger partial charge >= 0.3 is 0 Å². The van der Waals surface area contributed by atoms with Gasteiger partial charge in [0.15, 0.2) is 0 Å². The second kappa shape index (κ2) is 7.99. The van der Waals surface area contributed by atoms with Crippen molar-refractivity contribution in [3.05, 3.63) is 59.7 Å². The van der Waals surface area contributed by atoms with Crippen LogP contribution in [0.4, 0.5) is 11.4 Å². The van der Waals surface area contributed by atoms with E-state index in [9.17, 15) is 4.79 Å². The molecular formula is C18H21ClN2O2. The van der Waals surface area contributed by atoms with Crippen molar-refractivity contribution in [2.24, 2.45) is 5.92 Å². The maximum Gasteiger partial charge on any atom is 0.257 e. The summed E-state index contributed by atoms with van der Waals surface area (Å²) < 4.78 is 5.67. The maximum atomic E-state index is 12.2. The van der Waals surface area contributed by atoms with E-state index < -0.39 is 0 Å². The molecule has 0 saturated heterocycles. The SMILES string of the molecule is Cl.Nc1ccccc1C(=O)Nc1cccc(COCC2CC2)c1. The second-order valence-corrected chi connectivity index (χ2v) is 5.70. The molecule has 5 heteroatoms. The molecule has 0 unspecified atom stereocenters. The highest BCUT2D eigenvalue weighted by molar-refractivity contribution is 6.07. The van der Waals surface area contributed by atoms with Crippen LogP contribution in [0.25, 0.3) is 0 Å². The van der Waals surface area contributed by atoms with Crippen LogP contribution in [0.2, 0.25) is 0 Å². The summed E-state index contributed by atoms with van der Waals surface area (Å²) in [6.45, 7) is 1.41. The van der Waals surface area contributed by atoms with Crippen molar-refractivity contribution in [3.63, 3.8) is 0 Å². The molecule has 1 aliphatic carbocycles. The first-order valence-electron chi connectivity index (χ1n) is 7.55. The molecule has 0 bridgehead atoms. The topological polar surface area (TPSA) is 64.4 Å². The van der Waals surface area contributed by atoms with E-state index in [0.29, 0.717) is 17.9 Å². The first kappa shape index (κ1) is 17.3. The molecular weight excluding hydrogens is 312 g/mol. The van der Waals surface area contributed by atoms with Gasteiger partial charge in [0.25, 0.3) is 5.91 Å². The zero-order valence-electron chi connectivity index (χ0n) is 12.8. The standard InChI is InChI=1S/C18H20N2O2.ClH/c19-17-7-2-1-6-16(17)18(21)20-15-5-3-4-14(10-15)12-22-11-13-8-9-13;/h1-7,10,13H,8-9,11-12,19H2,(H,20,21);1H. The molecule has 3 rings (SSSR count). The molecule has 1 aliphatic rings. The van der Waals surface area contributed by atoms with E-state index in [4.69, 9.17) is 10.5 Å². The Kier molecular flexibility index (Phi) is 6.02. The Morgan fingerprint density at radius 3 is 2.70 bits per heavy atom. The van der Waals surface area contributed by atoms with Crippen LogP contribution in [-0.4, -0.2) is 12.5 Å². The van der Waals surface area contributed by atoms with E-state index >= 15 is 0 Å². The normalized spacial score (nSPS) is 13.2. The fourth-order valence-corrected chi connectivity index (χ4v) is 2.27. The molecule has 1 saturated carbocycles. The number of nitrogens with one attached hydrogen (secondary N) is 1. The number of rotatable bonds is 6. The molecule has 0 radical (unpaired) electrons. The quantitative estimate of drug-likeness (QED) is 0.789.